The first kappa shape index (κ1) is 14.3. The molecule has 0 bridgehead atoms. The molecule has 1 amide bonds. The zero-order chi connectivity index (χ0) is 14.9. The zero-order valence-electron chi connectivity index (χ0n) is 11.3. The molecule has 1 aromatic rings. The summed E-state index contributed by atoms with van der Waals surface area (Å²) in [5.74, 6) is -1.10. The number of nitrogens with two attached hydrogens (primary N) is 1. The fourth-order valence-corrected chi connectivity index (χ4v) is 2.38. The van der Waals surface area contributed by atoms with Crippen LogP contribution in [0.5, 0.6) is 11.5 Å². The van der Waals surface area contributed by atoms with Gasteiger partial charge < -0.3 is 15.9 Å². The maximum absolute atomic E-state index is 12.1. The van der Waals surface area contributed by atoms with Crippen molar-refractivity contribution in [1.29, 1.82) is 0 Å². The molecule has 1 aromatic carbocycles. The van der Waals surface area contributed by atoms with Crippen molar-refractivity contribution >= 4 is 11.7 Å². The number of phenols is 2. The van der Waals surface area contributed by atoms with Crippen LogP contribution in [0.15, 0.2) is 18.2 Å². The number of phenolic OH excluding ortho intramolecular Hbond substituents is 2. The number of amides is 1. The van der Waals surface area contributed by atoms with E-state index in [4.69, 9.17) is 5.73 Å². The van der Waals surface area contributed by atoms with Gasteiger partial charge in [0.05, 0.1) is 12.0 Å². The lowest BCUT2D eigenvalue weighted by atomic mass is 9.89. The molecule has 1 aliphatic rings. The largest absolute Gasteiger partial charge is 0.504 e. The van der Waals surface area contributed by atoms with Crippen LogP contribution < -0.4 is 5.73 Å². The minimum atomic E-state index is -0.586. The molecule has 1 aliphatic heterocycles. The molecule has 0 aliphatic carbocycles. The molecule has 6 nitrogen and oxygen atoms in total. The second-order valence-corrected chi connectivity index (χ2v) is 5.51. The minimum absolute atomic E-state index is 0.160. The number of benzene rings is 1. The second kappa shape index (κ2) is 5.13. The molecule has 1 atom stereocenters. The minimum Gasteiger partial charge on any atom is -0.504 e. The highest BCUT2D eigenvalue weighted by molar-refractivity contribution is 5.98. The molecular formula is C14H18N2O4. The van der Waals surface area contributed by atoms with Gasteiger partial charge in [-0.3, -0.25) is 14.5 Å². The average Bonchev–Trinajstić information content (AvgIpc) is 2.75. The standard InChI is InChI=1S/C14H18N2O4/c1-14(13(15)20)4-5-16(8-14)7-12(19)9-2-3-10(17)11(18)6-9/h2-3,6,17-18H,4-5,7-8H2,1H3,(H2,15,20). The lowest BCUT2D eigenvalue weighted by molar-refractivity contribution is -0.126. The number of ketones is 1. The van der Waals surface area contributed by atoms with E-state index >= 15 is 0 Å². The van der Waals surface area contributed by atoms with Crippen molar-refractivity contribution in [3.8, 4) is 11.5 Å². The molecule has 6 heteroatoms. The highest BCUT2D eigenvalue weighted by Crippen LogP contribution is 2.30. The van der Waals surface area contributed by atoms with E-state index in [1.54, 1.807) is 6.92 Å². The fraction of sp³-hybridized carbons (Fsp3) is 0.429. The number of aromatic hydroxyl groups is 2. The average molecular weight is 278 g/mol. The van der Waals surface area contributed by atoms with E-state index in [2.05, 4.69) is 0 Å². The fourth-order valence-electron chi connectivity index (χ4n) is 2.38. The van der Waals surface area contributed by atoms with Crippen molar-refractivity contribution in [3.05, 3.63) is 23.8 Å². The summed E-state index contributed by atoms with van der Waals surface area (Å²) in [5.41, 5.74) is 5.10. The summed E-state index contributed by atoms with van der Waals surface area (Å²) in [7, 11) is 0. The summed E-state index contributed by atoms with van der Waals surface area (Å²) >= 11 is 0. The van der Waals surface area contributed by atoms with Crippen molar-refractivity contribution in [2.45, 2.75) is 13.3 Å². The SMILES string of the molecule is CC1(C(N)=O)CCN(CC(=O)c2ccc(O)c(O)c2)C1. The van der Waals surface area contributed by atoms with Gasteiger partial charge in [0.15, 0.2) is 17.3 Å². The van der Waals surface area contributed by atoms with Gasteiger partial charge in [0.25, 0.3) is 0 Å². The van der Waals surface area contributed by atoms with Crippen LogP contribution in [0.3, 0.4) is 0 Å². The third-order valence-electron chi connectivity index (χ3n) is 3.81. The summed E-state index contributed by atoms with van der Waals surface area (Å²) < 4.78 is 0. The third kappa shape index (κ3) is 2.75. The third-order valence-corrected chi connectivity index (χ3v) is 3.81. The van der Waals surface area contributed by atoms with Crippen molar-refractivity contribution in [2.75, 3.05) is 19.6 Å². The van der Waals surface area contributed by atoms with Crippen LogP contribution in [0, 0.1) is 5.41 Å². The Hall–Kier alpha value is -2.08. The van der Waals surface area contributed by atoms with Crippen LogP contribution in [0.25, 0.3) is 0 Å². The van der Waals surface area contributed by atoms with Crippen LogP contribution in [0.1, 0.15) is 23.7 Å². The van der Waals surface area contributed by atoms with Gasteiger partial charge in [-0.2, -0.15) is 0 Å². The van der Waals surface area contributed by atoms with Crippen LogP contribution in [-0.4, -0.2) is 46.4 Å². The van der Waals surface area contributed by atoms with Gasteiger partial charge in [0, 0.05) is 12.1 Å². The van der Waals surface area contributed by atoms with E-state index in [1.807, 2.05) is 4.90 Å². The Kier molecular flexibility index (Phi) is 3.67. The number of likely N-dealkylation sites (tertiary alicyclic amines) is 1. The Labute approximate surface area is 116 Å². The van der Waals surface area contributed by atoms with Crippen LogP contribution >= 0.6 is 0 Å². The zero-order valence-corrected chi connectivity index (χ0v) is 11.3. The maximum Gasteiger partial charge on any atom is 0.224 e. The van der Waals surface area contributed by atoms with Crippen molar-refractivity contribution in [1.82, 2.24) is 4.90 Å². The molecule has 108 valence electrons. The highest BCUT2D eigenvalue weighted by Gasteiger charge is 2.39. The first-order chi connectivity index (χ1) is 9.32. The van der Waals surface area contributed by atoms with E-state index in [0.717, 1.165) is 0 Å². The van der Waals surface area contributed by atoms with Gasteiger partial charge in [-0.1, -0.05) is 0 Å². The Morgan fingerprint density at radius 1 is 1.35 bits per heavy atom. The number of carbonyl (C=O) groups excluding carboxylic acids is 2. The van der Waals surface area contributed by atoms with Gasteiger partial charge in [0.1, 0.15) is 0 Å². The molecule has 20 heavy (non-hydrogen) atoms. The molecule has 4 N–H and O–H groups in total. The van der Waals surface area contributed by atoms with Gasteiger partial charge in [-0.05, 0) is 38.1 Å². The van der Waals surface area contributed by atoms with Crippen molar-refractivity contribution < 1.29 is 19.8 Å². The van der Waals surface area contributed by atoms with E-state index in [9.17, 15) is 19.8 Å². The van der Waals surface area contributed by atoms with Crippen LogP contribution in [0.4, 0.5) is 0 Å². The number of hydrogen-bond donors (Lipinski definition) is 3. The molecule has 1 saturated heterocycles. The topological polar surface area (TPSA) is 104 Å². The highest BCUT2D eigenvalue weighted by atomic mass is 16.3. The number of hydrogen-bond acceptors (Lipinski definition) is 5. The van der Waals surface area contributed by atoms with Crippen molar-refractivity contribution in [3.63, 3.8) is 0 Å². The van der Waals surface area contributed by atoms with Gasteiger partial charge >= 0.3 is 0 Å². The normalized spacial score (nSPS) is 22.9. The number of nitrogens with zero attached hydrogens (tertiary/aromatic N) is 1. The Morgan fingerprint density at radius 3 is 2.60 bits per heavy atom. The van der Waals surface area contributed by atoms with Crippen molar-refractivity contribution in [2.24, 2.45) is 11.1 Å². The summed E-state index contributed by atoms with van der Waals surface area (Å²) in [6.07, 6.45) is 0.635. The maximum atomic E-state index is 12.1. The lowest BCUT2D eigenvalue weighted by Crippen LogP contribution is -2.38. The molecule has 1 fully saturated rings. The number of Topliss-reactive ketones (excluding diaryl/α,β-unsaturated/α-hetero) is 1. The summed E-state index contributed by atoms with van der Waals surface area (Å²) in [4.78, 5) is 25.3. The van der Waals surface area contributed by atoms with Crippen LogP contribution in [0.2, 0.25) is 0 Å². The van der Waals surface area contributed by atoms with E-state index < -0.39 is 5.41 Å². The molecule has 0 aromatic heterocycles. The first-order valence-corrected chi connectivity index (χ1v) is 6.39. The van der Waals surface area contributed by atoms with Gasteiger partial charge in [0.2, 0.25) is 5.91 Å². The lowest BCUT2D eigenvalue weighted by Gasteiger charge is -2.20. The smallest absolute Gasteiger partial charge is 0.224 e. The second-order valence-electron chi connectivity index (χ2n) is 5.51. The first-order valence-electron chi connectivity index (χ1n) is 6.39. The van der Waals surface area contributed by atoms with Gasteiger partial charge in [-0.25, -0.2) is 0 Å². The Balaban J connectivity index is 2.02. The molecule has 0 spiro atoms. The molecule has 0 saturated carbocycles. The van der Waals surface area contributed by atoms with Gasteiger partial charge in [-0.15, -0.1) is 0 Å². The number of rotatable bonds is 4. The summed E-state index contributed by atoms with van der Waals surface area (Å²) in [6, 6.07) is 3.97. The Morgan fingerprint density at radius 2 is 2.05 bits per heavy atom. The summed E-state index contributed by atoms with van der Waals surface area (Å²) in [6.45, 7) is 3.05. The van der Waals surface area contributed by atoms with E-state index in [0.29, 0.717) is 25.1 Å². The molecule has 0 radical (unpaired) electrons. The van der Waals surface area contributed by atoms with Crippen LogP contribution in [-0.2, 0) is 4.79 Å². The predicted octanol–water partition coefficient (Wildman–Crippen LogP) is 0.478. The monoisotopic (exact) mass is 278 g/mol. The quantitative estimate of drug-likeness (QED) is 0.549. The number of primary amides is 1. The number of carbonyl (C=O) groups is 2. The van der Waals surface area contributed by atoms with E-state index in [1.165, 1.54) is 18.2 Å². The molecular weight excluding hydrogens is 260 g/mol. The van der Waals surface area contributed by atoms with E-state index in [-0.39, 0.29) is 29.7 Å². The summed E-state index contributed by atoms with van der Waals surface area (Å²) in [5, 5.41) is 18.6. The Bertz CT molecular complexity index is 558. The molecule has 2 rings (SSSR count). The molecule has 1 heterocycles. The molecule has 1 unspecified atom stereocenters. The predicted molar refractivity (Wildman–Crippen MR) is 72.5 cm³/mol.